The maximum absolute atomic E-state index is 13.9. The molecule has 0 amide bonds. The average Bonchev–Trinajstić information content (AvgIpc) is 2.79. The largest absolute Gasteiger partial charge is 0.297 e. The number of benzene rings is 2. The van der Waals surface area contributed by atoms with Crippen LogP contribution >= 0.6 is 0 Å². The number of hydrogen-bond acceptors (Lipinski definition) is 3. The second kappa shape index (κ2) is 11.0. The van der Waals surface area contributed by atoms with Crippen molar-refractivity contribution in [2.24, 2.45) is 0 Å². The summed E-state index contributed by atoms with van der Waals surface area (Å²) in [6, 6.07) is 14.5. The molecule has 33 heavy (non-hydrogen) atoms. The molecular weight excluding hydrogens is 428 g/mol. The van der Waals surface area contributed by atoms with Gasteiger partial charge in [0, 0.05) is 32.7 Å². The van der Waals surface area contributed by atoms with E-state index in [1.54, 1.807) is 4.31 Å². The van der Waals surface area contributed by atoms with Gasteiger partial charge in [-0.05, 0) is 40.0 Å². The van der Waals surface area contributed by atoms with E-state index < -0.39 is 10.0 Å². The minimum atomic E-state index is -3.55. The SMILES string of the molecule is CC(C)c1cc(C(C)C)c(S(=O)(=O)N2CCN(C/C=C\c3ccccc3)CC2)c(C(C)C)c1. The second-order valence-corrected chi connectivity index (χ2v) is 11.9. The normalized spacial score (nSPS) is 16.5. The molecule has 2 aromatic rings. The molecule has 2 aromatic carbocycles. The molecule has 0 spiro atoms. The lowest BCUT2D eigenvalue weighted by Gasteiger charge is -2.35. The van der Waals surface area contributed by atoms with Gasteiger partial charge in [-0.3, -0.25) is 4.90 Å². The van der Waals surface area contributed by atoms with Crippen molar-refractivity contribution < 1.29 is 8.42 Å². The Kier molecular flexibility index (Phi) is 8.54. The number of rotatable bonds is 8. The van der Waals surface area contributed by atoms with Crippen LogP contribution in [0.4, 0.5) is 0 Å². The van der Waals surface area contributed by atoms with Crippen LogP contribution in [-0.2, 0) is 10.0 Å². The van der Waals surface area contributed by atoms with Crippen LogP contribution in [-0.4, -0.2) is 50.3 Å². The van der Waals surface area contributed by atoms with E-state index in [1.807, 2.05) is 18.2 Å². The van der Waals surface area contributed by atoms with Gasteiger partial charge in [0.15, 0.2) is 0 Å². The van der Waals surface area contributed by atoms with E-state index in [0.29, 0.717) is 23.9 Å². The van der Waals surface area contributed by atoms with Gasteiger partial charge in [-0.1, -0.05) is 96.2 Å². The predicted molar refractivity (Wildman–Crippen MR) is 139 cm³/mol. The molecule has 5 heteroatoms. The summed E-state index contributed by atoms with van der Waals surface area (Å²) < 4.78 is 29.5. The Labute approximate surface area is 201 Å². The van der Waals surface area contributed by atoms with Crippen molar-refractivity contribution in [1.29, 1.82) is 0 Å². The van der Waals surface area contributed by atoms with Gasteiger partial charge in [-0.2, -0.15) is 4.31 Å². The van der Waals surface area contributed by atoms with Crippen LogP contribution < -0.4 is 0 Å². The van der Waals surface area contributed by atoms with Gasteiger partial charge in [0.2, 0.25) is 10.0 Å². The molecule has 4 nitrogen and oxygen atoms in total. The fraction of sp³-hybridized carbons (Fsp3) is 0.500. The Hall–Kier alpha value is -1.95. The summed E-state index contributed by atoms with van der Waals surface area (Å²) in [5, 5.41) is 0. The molecule has 0 radical (unpaired) electrons. The average molecular weight is 469 g/mol. The van der Waals surface area contributed by atoms with E-state index in [-0.39, 0.29) is 11.8 Å². The zero-order valence-corrected chi connectivity index (χ0v) is 21.9. The molecule has 0 N–H and O–H groups in total. The zero-order chi connectivity index (χ0) is 24.2. The fourth-order valence-electron chi connectivity index (χ4n) is 4.37. The van der Waals surface area contributed by atoms with Gasteiger partial charge >= 0.3 is 0 Å². The summed E-state index contributed by atoms with van der Waals surface area (Å²) in [6.07, 6.45) is 4.29. The first-order valence-electron chi connectivity index (χ1n) is 12.2. The van der Waals surface area contributed by atoms with Crippen LogP contribution in [0.15, 0.2) is 53.4 Å². The van der Waals surface area contributed by atoms with Crippen LogP contribution in [0.2, 0.25) is 0 Å². The molecule has 0 aliphatic carbocycles. The van der Waals surface area contributed by atoms with Gasteiger partial charge in [-0.15, -0.1) is 0 Å². The van der Waals surface area contributed by atoms with E-state index in [4.69, 9.17) is 0 Å². The molecule has 1 aliphatic heterocycles. The quantitative estimate of drug-likeness (QED) is 0.472. The Bertz CT molecular complexity index is 1020. The van der Waals surface area contributed by atoms with E-state index in [0.717, 1.165) is 30.8 Å². The van der Waals surface area contributed by atoms with Crippen molar-refractivity contribution in [1.82, 2.24) is 9.21 Å². The number of sulfonamides is 1. The van der Waals surface area contributed by atoms with E-state index in [1.165, 1.54) is 11.1 Å². The predicted octanol–water partition coefficient (Wildman–Crippen LogP) is 6.08. The van der Waals surface area contributed by atoms with Crippen molar-refractivity contribution in [3.8, 4) is 0 Å². The summed E-state index contributed by atoms with van der Waals surface area (Å²) >= 11 is 0. The Balaban J connectivity index is 1.80. The van der Waals surface area contributed by atoms with Crippen molar-refractivity contribution in [2.45, 2.75) is 64.2 Å². The molecule has 0 bridgehead atoms. The number of hydrogen-bond donors (Lipinski definition) is 0. The highest BCUT2D eigenvalue weighted by molar-refractivity contribution is 7.89. The molecule has 1 fully saturated rings. The molecule has 1 heterocycles. The maximum Gasteiger partial charge on any atom is 0.243 e. The third-order valence-corrected chi connectivity index (χ3v) is 8.51. The van der Waals surface area contributed by atoms with Gasteiger partial charge in [-0.25, -0.2) is 8.42 Å². The topological polar surface area (TPSA) is 40.6 Å². The second-order valence-electron chi connectivity index (χ2n) is 10.0. The highest BCUT2D eigenvalue weighted by atomic mass is 32.2. The lowest BCUT2D eigenvalue weighted by atomic mass is 9.89. The first kappa shape index (κ1) is 25.7. The zero-order valence-electron chi connectivity index (χ0n) is 21.1. The summed E-state index contributed by atoms with van der Waals surface area (Å²) in [5.74, 6) is 0.662. The van der Waals surface area contributed by atoms with E-state index in [2.05, 4.69) is 82.9 Å². The van der Waals surface area contributed by atoms with Crippen LogP contribution in [0.25, 0.3) is 6.08 Å². The van der Waals surface area contributed by atoms with Crippen LogP contribution in [0.1, 0.15) is 81.5 Å². The fourth-order valence-corrected chi connectivity index (χ4v) is 6.46. The highest BCUT2D eigenvalue weighted by Gasteiger charge is 2.33. The smallest absolute Gasteiger partial charge is 0.243 e. The summed E-state index contributed by atoms with van der Waals surface area (Å²) in [4.78, 5) is 2.87. The Morgan fingerprint density at radius 1 is 0.818 bits per heavy atom. The van der Waals surface area contributed by atoms with Crippen molar-refractivity contribution in [3.63, 3.8) is 0 Å². The van der Waals surface area contributed by atoms with Gasteiger partial charge in [0.25, 0.3) is 0 Å². The summed E-state index contributed by atoms with van der Waals surface area (Å²) in [5.41, 5.74) is 4.32. The monoisotopic (exact) mass is 468 g/mol. The Morgan fingerprint density at radius 2 is 1.36 bits per heavy atom. The van der Waals surface area contributed by atoms with Crippen molar-refractivity contribution in [2.75, 3.05) is 32.7 Å². The van der Waals surface area contributed by atoms with Crippen molar-refractivity contribution in [3.05, 3.63) is 70.8 Å². The number of nitrogens with zero attached hydrogens (tertiary/aromatic N) is 2. The lowest BCUT2D eigenvalue weighted by Crippen LogP contribution is -2.48. The van der Waals surface area contributed by atoms with Crippen LogP contribution in [0.5, 0.6) is 0 Å². The number of piperazine rings is 1. The summed E-state index contributed by atoms with van der Waals surface area (Å²) in [6.45, 7) is 16.1. The van der Waals surface area contributed by atoms with E-state index in [9.17, 15) is 8.42 Å². The molecular formula is C28H40N2O2S. The molecule has 180 valence electrons. The molecule has 0 aromatic heterocycles. The van der Waals surface area contributed by atoms with Gasteiger partial charge in [0.1, 0.15) is 0 Å². The lowest BCUT2D eigenvalue weighted by molar-refractivity contribution is 0.204. The molecule has 1 saturated heterocycles. The van der Waals surface area contributed by atoms with Crippen LogP contribution in [0, 0.1) is 0 Å². The summed E-state index contributed by atoms with van der Waals surface area (Å²) in [7, 11) is -3.55. The third-order valence-electron chi connectivity index (χ3n) is 6.48. The first-order chi connectivity index (χ1) is 15.6. The molecule has 0 saturated carbocycles. The standard InChI is InChI=1S/C28H40N2O2S/c1-21(2)25-19-26(22(3)4)28(27(20-25)23(5)6)33(31,32)30-17-15-29(16-18-30)14-10-13-24-11-8-7-9-12-24/h7-13,19-23H,14-18H2,1-6H3/b13-10-. The van der Waals surface area contributed by atoms with Gasteiger partial charge < -0.3 is 0 Å². The third kappa shape index (κ3) is 6.14. The first-order valence-corrected chi connectivity index (χ1v) is 13.7. The minimum absolute atomic E-state index is 0.149. The van der Waals surface area contributed by atoms with Gasteiger partial charge in [0.05, 0.1) is 4.90 Å². The van der Waals surface area contributed by atoms with E-state index >= 15 is 0 Å². The minimum Gasteiger partial charge on any atom is -0.297 e. The van der Waals surface area contributed by atoms with Crippen LogP contribution in [0.3, 0.4) is 0 Å². The highest BCUT2D eigenvalue weighted by Crippen LogP contribution is 2.36. The molecule has 0 unspecified atom stereocenters. The Morgan fingerprint density at radius 3 is 1.85 bits per heavy atom. The molecule has 1 aliphatic rings. The molecule has 0 atom stereocenters. The van der Waals surface area contributed by atoms with Crippen molar-refractivity contribution >= 4 is 16.1 Å². The maximum atomic E-state index is 13.9. The molecule has 3 rings (SSSR count).